The number of hydrogen-bond donors (Lipinski definition) is 0. The van der Waals surface area contributed by atoms with Crippen LogP contribution in [0, 0.1) is 0 Å². The SMILES string of the molecule is CC(C)(C)c1ccc2oc(-c3ccc(/C=C/c4ccc(-n5ncc(-c6ccccc6)n5)cc4)cc3)nc2c1. The van der Waals surface area contributed by atoms with Crippen LogP contribution < -0.4 is 0 Å². The molecule has 6 aromatic rings. The normalized spacial score (nSPS) is 12.0. The van der Waals surface area contributed by atoms with E-state index < -0.39 is 0 Å². The van der Waals surface area contributed by atoms with Crippen LogP contribution in [0.25, 0.3) is 51.7 Å². The van der Waals surface area contributed by atoms with Gasteiger partial charge in [-0.3, -0.25) is 0 Å². The molecule has 0 spiro atoms. The summed E-state index contributed by atoms with van der Waals surface area (Å²) < 4.78 is 6.02. The Morgan fingerprint density at radius 3 is 2.11 bits per heavy atom. The van der Waals surface area contributed by atoms with Crippen LogP contribution in [0.15, 0.2) is 108 Å². The molecule has 2 aromatic heterocycles. The zero-order chi connectivity index (χ0) is 26.1. The van der Waals surface area contributed by atoms with Crippen molar-refractivity contribution in [3.05, 3.63) is 120 Å². The lowest BCUT2D eigenvalue weighted by atomic mass is 9.87. The first-order chi connectivity index (χ1) is 18.4. The van der Waals surface area contributed by atoms with Crippen LogP contribution in [0.2, 0.25) is 0 Å². The number of benzene rings is 4. The predicted octanol–water partition coefficient (Wildman–Crippen LogP) is 8.21. The van der Waals surface area contributed by atoms with E-state index >= 15 is 0 Å². The maximum absolute atomic E-state index is 6.02. The van der Waals surface area contributed by atoms with Gasteiger partial charge in [-0.1, -0.05) is 93.6 Å². The van der Waals surface area contributed by atoms with Gasteiger partial charge in [0.25, 0.3) is 0 Å². The van der Waals surface area contributed by atoms with Gasteiger partial charge in [0.1, 0.15) is 11.2 Å². The highest BCUT2D eigenvalue weighted by atomic mass is 16.3. The van der Waals surface area contributed by atoms with Crippen molar-refractivity contribution in [1.29, 1.82) is 0 Å². The number of hydrogen-bond acceptors (Lipinski definition) is 4. The molecule has 0 saturated heterocycles. The maximum atomic E-state index is 6.02. The van der Waals surface area contributed by atoms with E-state index in [1.165, 1.54) is 5.56 Å². The van der Waals surface area contributed by atoms with Crippen LogP contribution in [-0.2, 0) is 5.41 Å². The van der Waals surface area contributed by atoms with Crippen molar-refractivity contribution in [3.63, 3.8) is 0 Å². The molecule has 0 amide bonds. The van der Waals surface area contributed by atoms with Crippen molar-refractivity contribution in [2.45, 2.75) is 26.2 Å². The molecule has 5 nitrogen and oxygen atoms in total. The van der Waals surface area contributed by atoms with Gasteiger partial charge in [0.2, 0.25) is 5.89 Å². The molecule has 0 atom stereocenters. The Morgan fingerprint density at radius 2 is 1.42 bits per heavy atom. The first kappa shape index (κ1) is 23.6. The summed E-state index contributed by atoms with van der Waals surface area (Å²) in [5.41, 5.74) is 9.00. The van der Waals surface area contributed by atoms with Gasteiger partial charge >= 0.3 is 0 Å². The summed E-state index contributed by atoms with van der Waals surface area (Å²) in [5, 5.41) is 9.03. The van der Waals surface area contributed by atoms with E-state index in [9.17, 15) is 0 Å². The van der Waals surface area contributed by atoms with Gasteiger partial charge in [0, 0.05) is 11.1 Å². The van der Waals surface area contributed by atoms with Crippen LogP contribution in [0.5, 0.6) is 0 Å². The Bertz CT molecular complexity index is 1720. The molecular formula is C33H28N4O. The molecule has 4 aromatic carbocycles. The van der Waals surface area contributed by atoms with Gasteiger partial charge < -0.3 is 4.42 Å². The summed E-state index contributed by atoms with van der Waals surface area (Å²) in [7, 11) is 0. The molecule has 0 aliphatic carbocycles. The molecule has 0 N–H and O–H groups in total. The zero-order valence-corrected chi connectivity index (χ0v) is 21.7. The highest BCUT2D eigenvalue weighted by molar-refractivity contribution is 5.78. The van der Waals surface area contributed by atoms with Crippen molar-refractivity contribution in [2.24, 2.45) is 0 Å². The predicted molar refractivity (Wildman–Crippen MR) is 154 cm³/mol. The first-order valence-corrected chi connectivity index (χ1v) is 12.7. The van der Waals surface area contributed by atoms with Crippen molar-refractivity contribution in [3.8, 4) is 28.4 Å². The molecule has 38 heavy (non-hydrogen) atoms. The average Bonchev–Trinajstić information content (AvgIpc) is 3.60. The molecule has 6 rings (SSSR count). The average molecular weight is 497 g/mol. The lowest BCUT2D eigenvalue weighted by molar-refractivity contribution is 0.590. The smallest absolute Gasteiger partial charge is 0.227 e. The van der Waals surface area contributed by atoms with Crippen molar-refractivity contribution in [1.82, 2.24) is 20.0 Å². The lowest BCUT2D eigenvalue weighted by Crippen LogP contribution is -2.10. The largest absolute Gasteiger partial charge is 0.436 e. The van der Waals surface area contributed by atoms with E-state index in [0.29, 0.717) is 5.89 Å². The molecule has 0 saturated carbocycles. The Labute approximate surface area is 222 Å². The third kappa shape index (κ3) is 4.91. The number of fused-ring (bicyclic) bond motifs is 1. The Kier molecular flexibility index (Phi) is 5.97. The minimum Gasteiger partial charge on any atom is -0.436 e. The molecule has 0 bridgehead atoms. The van der Waals surface area contributed by atoms with Gasteiger partial charge in [-0.25, -0.2) is 4.98 Å². The van der Waals surface area contributed by atoms with Gasteiger partial charge in [-0.2, -0.15) is 9.90 Å². The van der Waals surface area contributed by atoms with E-state index in [4.69, 9.17) is 9.40 Å². The van der Waals surface area contributed by atoms with E-state index in [1.807, 2.05) is 60.7 Å². The van der Waals surface area contributed by atoms with Crippen LogP contribution in [-0.4, -0.2) is 20.0 Å². The van der Waals surface area contributed by atoms with Gasteiger partial charge in [-0.05, 0) is 58.5 Å². The monoisotopic (exact) mass is 496 g/mol. The second-order valence-electron chi connectivity index (χ2n) is 10.4. The molecule has 2 heterocycles. The molecule has 0 aliphatic rings. The summed E-state index contributed by atoms with van der Waals surface area (Å²) in [6, 6.07) is 32.7. The molecule has 5 heteroatoms. The number of oxazole rings is 1. The Hall–Kier alpha value is -4.77. The fourth-order valence-corrected chi connectivity index (χ4v) is 4.29. The highest BCUT2D eigenvalue weighted by Crippen LogP contribution is 2.29. The third-order valence-corrected chi connectivity index (χ3v) is 6.56. The fourth-order valence-electron chi connectivity index (χ4n) is 4.29. The second-order valence-corrected chi connectivity index (χ2v) is 10.4. The summed E-state index contributed by atoms with van der Waals surface area (Å²) in [6.45, 7) is 6.61. The summed E-state index contributed by atoms with van der Waals surface area (Å²) in [6.07, 6.45) is 5.98. The summed E-state index contributed by atoms with van der Waals surface area (Å²) >= 11 is 0. The number of nitrogens with zero attached hydrogens (tertiary/aromatic N) is 4. The van der Waals surface area contributed by atoms with Crippen LogP contribution in [0.1, 0.15) is 37.5 Å². The standard InChI is InChI=1S/C33H28N4O/c1-33(2,3)27-17-20-31-29(21-27)35-32(38-31)26-15-11-23(12-16-26)9-10-24-13-18-28(19-14-24)37-34-22-30(36-37)25-7-5-4-6-8-25/h4-22H,1-3H3/b10-9+. The second kappa shape index (κ2) is 9.60. The minimum atomic E-state index is 0.0730. The zero-order valence-electron chi connectivity index (χ0n) is 21.7. The van der Waals surface area contributed by atoms with E-state index in [1.54, 1.807) is 11.0 Å². The molecule has 186 valence electrons. The Morgan fingerprint density at radius 1 is 0.737 bits per heavy atom. The Balaban J connectivity index is 1.15. The molecule has 0 fully saturated rings. The topological polar surface area (TPSA) is 56.7 Å². The van der Waals surface area contributed by atoms with Crippen molar-refractivity contribution in [2.75, 3.05) is 0 Å². The van der Waals surface area contributed by atoms with Crippen LogP contribution in [0.4, 0.5) is 0 Å². The van der Waals surface area contributed by atoms with Crippen LogP contribution >= 0.6 is 0 Å². The fraction of sp³-hybridized carbons (Fsp3) is 0.121. The van der Waals surface area contributed by atoms with Crippen molar-refractivity contribution >= 4 is 23.3 Å². The molecule has 0 aliphatic heterocycles. The molecular weight excluding hydrogens is 468 g/mol. The molecule has 0 radical (unpaired) electrons. The summed E-state index contributed by atoms with van der Waals surface area (Å²) in [4.78, 5) is 6.39. The van der Waals surface area contributed by atoms with E-state index in [-0.39, 0.29) is 5.41 Å². The van der Waals surface area contributed by atoms with Crippen LogP contribution in [0.3, 0.4) is 0 Å². The summed E-state index contributed by atoms with van der Waals surface area (Å²) in [5.74, 6) is 0.639. The third-order valence-electron chi connectivity index (χ3n) is 6.56. The first-order valence-electron chi connectivity index (χ1n) is 12.7. The lowest BCUT2D eigenvalue weighted by Gasteiger charge is -2.18. The number of aromatic nitrogens is 4. The van der Waals surface area contributed by atoms with Gasteiger partial charge in [0.05, 0.1) is 11.9 Å². The minimum absolute atomic E-state index is 0.0730. The number of rotatable bonds is 5. The van der Waals surface area contributed by atoms with E-state index in [2.05, 4.69) is 79.5 Å². The van der Waals surface area contributed by atoms with Gasteiger partial charge in [0.15, 0.2) is 5.58 Å². The maximum Gasteiger partial charge on any atom is 0.227 e. The highest BCUT2D eigenvalue weighted by Gasteiger charge is 2.16. The quantitative estimate of drug-likeness (QED) is 0.226. The van der Waals surface area contributed by atoms with E-state index in [0.717, 1.165) is 44.7 Å². The van der Waals surface area contributed by atoms with Gasteiger partial charge in [-0.15, -0.1) is 5.10 Å². The van der Waals surface area contributed by atoms with Crippen molar-refractivity contribution < 1.29 is 4.42 Å². The molecule has 0 unspecified atom stereocenters.